The smallest absolute Gasteiger partial charge is 0.407 e. The van der Waals surface area contributed by atoms with E-state index < -0.39 is 11.4 Å². The Labute approximate surface area is 216 Å². The summed E-state index contributed by atoms with van der Waals surface area (Å²) in [6.45, 7) is 12.6. The van der Waals surface area contributed by atoms with Gasteiger partial charge in [-0.15, -0.1) is 0 Å². The number of nitrogens with zero attached hydrogens (tertiary/aromatic N) is 2. The van der Waals surface area contributed by atoms with Crippen LogP contribution in [0.2, 0.25) is 0 Å². The van der Waals surface area contributed by atoms with Crippen LogP contribution in [0.1, 0.15) is 77.1 Å². The molecule has 204 valence electrons. The third kappa shape index (κ3) is 9.91. The Balaban J connectivity index is 1.81. The predicted molar refractivity (Wildman–Crippen MR) is 142 cm³/mol. The van der Waals surface area contributed by atoms with Gasteiger partial charge < -0.3 is 25.6 Å². The minimum Gasteiger partial charge on any atom is -0.444 e. The summed E-state index contributed by atoms with van der Waals surface area (Å²) in [6.07, 6.45) is 5.77. The van der Waals surface area contributed by atoms with Crippen LogP contribution < -0.4 is 16.0 Å². The molecule has 9 heteroatoms. The molecule has 8 nitrogen and oxygen atoms in total. The standard InChI is InChI=1S/C27H46FN5O3/c1-8-27(11-10-19(2)16-32-25(35)36-26(3,4)5)15-20(27)17-31-24(34)22-14-21(28)18-30-23(22)29-12-9-13-33(6)7/h14,18-20H,8-13,15-17H2,1-7H3,(H,29,30)(H,31,34)(H,32,35)/t19-,20?,27?/m1/s1. The number of ether oxygens (including phenoxy) is 1. The number of nitrogens with one attached hydrogen (secondary N) is 3. The number of hydrogen-bond acceptors (Lipinski definition) is 6. The van der Waals surface area contributed by atoms with Crippen LogP contribution in [0.15, 0.2) is 12.3 Å². The third-order valence-electron chi connectivity index (χ3n) is 6.87. The van der Waals surface area contributed by atoms with Crippen LogP contribution in [0, 0.1) is 23.1 Å². The molecule has 1 saturated carbocycles. The lowest BCUT2D eigenvalue weighted by molar-refractivity contribution is 0.0519. The number of hydrogen-bond donors (Lipinski definition) is 3. The average Bonchev–Trinajstić information content (AvgIpc) is 3.50. The Hall–Kier alpha value is -2.42. The highest BCUT2D eigenvalue weighted by atomic mass is 19.1. The van der Waals surface area contributed by atoms with Crippen LogP contribution >= 0.6 is 0 Å². The summed E-state index contributed by atoms with van der Waals surface area (Å²) in [5.41, 5.74) is -0.0548. The van der Waals surface area contributed by atoms with Crippen molar-refractivity contribution in [3.05, 3.63) is 23.6 Å². The lowest BCUT2D eigenvalue weighted by Gasteiger charge is -2.22. The normalized spacial score (nSPS) is 20.1. The van der Waals surface area contributed by atoms with E-state index in [1.165, 1.54) is 6.07 Å². The summed E-state index contributed by atoms with van der Waals surface area (Å²) in [4.78, 5) is 31.0. The van der Waals surface area contributed by atoms with Crippen LogP contribution in [0.25, 0.3) is 0 Å². The molecule has 0 radical (unpaired) electrons. The van der Waals surface area contributed by atoms with Crippen LogP contribution in [0.3, 0.4) is 0 Å². The summed E-state index contributed by atoms with van der Waals surface area (Å²) < 4.78 is 19.2. The zero-order valence-corrected chi connectivity index (χ0v) is 23.2. The van der Waals surface area contributed by atoms with Crippen molar-refractivity contribution in [2.75, 3.05) is 45.6 Å². The minimum atomic E-state index is -0.526. The fourth-order valence-electron chi connectivity index (χ4n) is 4.51. The van der Waals surface area contributed by atoms with Gasteiger partial charge >= 0.3 is 6.09 Å². The zero-order valence-electron chi connectivity index (χ0n) is 23.2. The van der Waals surface area contributed by atoms with Crippen LogP contribution in [0.4, 0.5) is 15.0 Å². The van der Waals surface area contributed by atoms with Gasteiger partial charge in [-0.1, -0.05) is 20.3 Å². The van der Waals surface area contributed by atoms with Crippen molar-refractivity contribution < 1.29 is 18.7 Å². The quantitative estimate of drug-likeness (QED) is 0.317. The topological polar surface area (TPSA) is 95.6 Å². The Morgan fingerprint density at radius 2 is 2.03 bits per heavy atom. The number of rotatable bonds is 14. The van der Waals surface area contributed by atoms with Gasteiger partial charge in [0.05, 0.1) is 11.8 Å². The Kier molecular flexibility index (Phi) is 10.9. The van der Waals surface area contributed by atoms with Crippen molar-refractivity contribution in [3.63, 3.8) is 0 Å². The molecule has 0 bridgehead atoms. The van der Waals surface area contributed by atoms with Crippen LogP contribution in [0.5, 0.6) is 0 Å². The lowest BCUT2D eigenvalue weighted by atomic mass is 9.90. The number of carbonyl (C=O) groups excluding carboxylic acids is 2. The number of alkyl carbamates (subject to hydrolysis) is 1. The summed E-state index contributed by atoms with van der Waals surface area (Å²) >= 11 is 0. The van der Waals surface area contributed by atoms with Gasteiger partial charge in [0, 0.05) is 19.6 Å². The van der Waals surface area contributed by atoms with Gasteiger partial charge in [0.1, 0.15) is 17.2 Å². The second kappa shape index (κ2) is 13.2. The van der Waals surface area contributed by atoms with Gasteiger partial charge in [-0.2, -0.15) is 0 Å². The van der Waals surface area contributed by atoms with E-state index in [-0.39, 0.29) is 23.0 Å². The van der Waals surface area contributed by atoms with Gasteiger partial charge in [-0.3, -0.25) is 4.79 Å². The van der Waals surface area contributed by atoms with E-state index in [2.05, 4.69) is 39.7 Å². The van der Waals surface area contributed by atoms with Crippen molar-refractivity contribution in [1.29, 1.82) is 0 Å². The van der Waals surface area contributed by atoms with Crippen LogP contribution in [-0.4, -0.2) is 67.8 Å². The fourth-order valence-corrected chi connectivity index (χ4v) is 4.51. The van der Waals surface area contributed by atoms with Crippen molar-refractivity contribution in [2.24, 2.45) is 17.3 Å². The van der Waals surface area contributed by atoms with Gasteiger partial charge in [0.2, 0.25) is 0 Å². The van der Waals surface area contributed by atoms with E-state index in [1.54, 1.807) is 0 Å². The predicted octanol–water partition coefficient (Wildman–Crippen LogP) is 4.67. The molecule has 0 aromatic carbocycles. The molecule has 1 fully saturated rings. The van der Waals surface area contributed by atoms with Gasteiger partial charge in [-0.05, 0) is 90.4 Å². The maximum absolute atomic E-state index is 13.8. The molecule has 3 N–H and O–H groups in total. The van der Waals surface area contributed by atoms with E-state index in [1.807, 2.05) is 34.9 Å². The average molecular weight is 508 g/mol. The first kappa shape index (κ1) is 29.8. The molecule has 0 saturated heterocycles. The number of amides is 2. The molecule has 3 atom stereocenters. The first-order valence-corrected chi connectivity index (χ1v) is 13.1. The fraction of sp³-hybridized carbons (Fsp3) is 0.741. The molecule has 1 aliphatic rings. The largest absolute Gasteiger partial charge is 0.444 e. The number of anilines is 1. The maximum atomic E-state index is 13.8. The van der Waals surface area contributed by atoms with Gasteiger partial charge in [0.15, 0.2) is 0 Å². The number of carbonyl (C=O) groups is 2. The van der Waals surface area contributed by atoms with Crippen molar-refractivity contribution in [3.8, 4) is 0 Å². The van der Waals surface area contributed by atoms with E-state index >= 15 is 0 Å². The number of pyridine rings is 1. The molecule has 1 aliphatic carbocycles. The highest BCUT2D eigenvalue weighted by Gasteiger charge is 2.51. The number of halogens is 1. The SMILES string of the molecule is CCC1(CC[C@@H](C)CNC(=O)OC(C)(C)C)CC1CNC(=O)c1cc(F)cnc1NCCCN(C)C. The third-order valence-corrected chi connectivity index (χ3v) is 6.87. The molecule has 2 unspecified atom stereocenters. The monoisotopic (exact) mass is 507 g/mol. The second-order valence-corrected chi connectivity index (χ2v) is 11.5. The first-order valence-electron chi connectivity index (χ1n) is 13.1. The molecule has 2 amide bonds. The molecule has 36 heavy (non-hydrogen) atoms. The molecule has 1 heterocycles. The molecule has 0 aliphatic heterocycles. The Morgan fingerprint density at radius 3 is 2.67 bits per heavy atom. The van der Waals surface area contributed by atoms with E-state index in [9.17, 15) is 14.0 Å². The van der Waals surface area contributed by atoms with Gasteiger partial charge in [-0.25, -0.2) is 14.2 Å². The molecule has 1 aromatic heterocycles. The highest BCUT2D eigenvalue weighted by molar-refractivity contribution is 5.98. The summed E-state index contributed by atoms with van der Waals surface area (Å²) in [5.74, 6) is 0.314. The van der Waals surface area contributed by atoms with Crippen LogP contribution in [-0.2, 0) is 4.74 Å². The highest BCUT2D eigenvalue weighted by Crippen LogP contribution is 2.58. The minimum absolute atomic E-state index is 0.209. The summed E-state index contributed by atoms with van der Waals surface area (Å²) in [5, 5.41) is 9.03. The van der Waals surface area contributed by atoms with Crippen molar-refractivity contribution in [2.45, 2.75) is 72.3 Å². The summed E-state index contributed by atoms with van der Waals surface area (Å²) in [7, 11) is 4.01. The molecular weight excluding hydrogens is 461 g/mol. The Bertz CT molecular complexity index is 873. The summed E-state index contributed by atoms with van der Waals surface area (Å²) in [6, 6.07) is 1.25. The first-order chi connectivity index (χ1) is 16.8. The lowest BCUT2D eigenvalue weighted by Crippen LogP contribution is -2.35. The van der Waals surface area contributed by atoms with Crippen molar-refractivity contribution in [1.82, 2.24) is 20.5 Å². The van der Waals surface area contributed by atoms with Gasteiger partial charge in [0.25, 0.3) is 5.91 Å². The van der Waals surface area contributed by atoms with E-state index in [0.717, 1.165) is 44.8 Å². The molecule has 2 rings (SSSR count). The van der Waals surface area contributed by atoms with E-state index in [4.69, 9.17) is 4.74 Å². The van der Waals surface area contributed by atoms with E-state index in [0.29, 0.717) is 37.3 Å². The Morgan fingerprint density at radius 1 is 1.31 bits per heavy atom. The van der Waals surface area contributed by atoms with Crippen molar-refractivity contribution >= 4 is 17.8 Å². The second-order valence-electron chi connectivity index (χ2n) is 11.5. The molecule has 0 spiro atoms. The molecular formula is C27H46FN5O3. The number of aromatic nitrogens is 1. The molecule has 1 aromatic rings. The zero-order chi connectivity index (χ0) is 26.9. The maximum Gasteiger partial charge on any atom is 0.407 e.